The van der Waals surface area contributed by atoms with Gasteiger partial charge in [-0.3, -0.25) is 4.79 Å². The number of rotatable bonds is 2. The van der Waals surface area contributed by atoms with E-state index in [1.54, 1.807) is 17.0 Å². The number of anilines is 1. The molecule has 0 bridgehead atoms. The summed E-state index contributed by atoms with van der Waals surface area (Å²) >= 11 is 0. The molecule has 0 fully saturated rings. The Hall–Kier alpha value is -2.36. The zero-order chi connectivity index (χ0) is 15.7. The van der Waals surface area contributed by atoms with Gasteiger partial charge in [-0.1, -0.05) is 0 Å². The van der Waals surface area contributed by atoms with Crippen molar-refractivity contribution in [2.24, 2.45) is 0 Å². The van der Waals surface area contributed by atoms with Gasteiger partial charge in [0.1, 0.15) is 17.3 Å². The van der Waals surface area contributed by atoms with Gasteiger partial charge < -0.3 is 9.32 Å². The fraction of sp³-hybridized carbons (Fsp3) is 0.278. The SMILES string of the molecule is Cc1ccc(C=CC(=O)N2c3ccc(F)cc3CCC2C)o1. The third kappa shape index (κ3) is 2.82. The molecule has 1 aliphatic heterocycles. The molecule has 1 aromatic heterocycles. The number of benzene rings is 1. The average Bonchev–Trinajstić information content (AvgIpc) is 2.90. The first-order valence-electron chi connectivity index (χ1n) is 7.41. The molecule has 0 N–H and O–H groups in total. The minimum atomic E-state index is -0.262. The minimum Gasteiger partial charge on any atom is -0.462 e. The topological polar surface area (TPSA) is 33.5 Å². The Morgan fingerprint density at radius 1 is 1.36 bits per heavy atom. The van der Waals surface area contributed by atoms with Crippen molar-refractivity contribution in [1.29, 1.82) is 0 Å². The number of halogens is 1. The van der Waals surface area contributed by atoms with E-state index in [1.165, 1.54) is 18.2 Å². The van der Waals surface area contributed by atoms with Gasteiger partial charge in [0, 0.05) is 17.8 Å². The van der Waals surface area contributed by atoms with Crippen molar-refractivity contribution in [1.82, 2.24) is 0 Å². The molecule has 2 aromatic rings. The van der Waals surface area contributed by atoms with Crippen molar-refractivity contribution < 1.29 is 13.6 Å². The summed E-state index contributed by atoms with van der Waals surface area (Å²) in [5.74, 6) is 1.07. The van der Waals surface area contributed by atoms with Gasteiger partial charge in [-0.25, -0.2) is 4.39 Å². The van der Waals surface area contributed by atoms with Crippen LogP contribution in [0.25, 0.3) is 6.08 Å². The second-order valence-corrected chi connectivity index (χ2v) is 5.65. The molecule has 114 valence electrons. The summed E-state index contributed by atoms with van der Waals surface area (Å²) in [5.41, 5.74) is 1.68. The van der Waals surface area contributed by atoms with Crippen LogP contribution in [-0.2, 0) is 11.2 Å². The Labute approximate surface area is 129 Å². The fourth-order valence-electron chi connectivity index (χ4n) is 2.83. The van der Waals surface area contributed by atoms with Gasteiger partial charge in [0.25, 0.3) is 5.91 Å². The van der Waals surface area contributed by atoms with Gasteiger partial charge >= 0.3 is 0 Å². The molecule has 1 amide bonds. The highest BCUT2D eigenvalue weighted by Gasteiger charge is 2.27. The highest BCUT2D eigenvalue weighted by molar-refractivity contribution is 6.04. The number of aryl methyl sites for hydroxylation is 2. The molecule has 1 atom stereocenters. The lowest BCUT2D eigenvalue weighted by Gasteiger charge is -2.34. The van der Waals surface area contributed by atoms with E-state index >= 15 is 0 Å². The molecule has 2 heterocycles. The smallest absolute Gasteiger partial charge is 0.251 e. The number of carbonyl (C=O) groups excluding carboxylic acids is 1. The molecule has 1 aromatic carbocycles. The van der Waals surface area contributed by atoms with Gasteiger partial charge in [0.15, 0.2) is 0 Å². The second kappa shape index (κ2) is 5.79. The maximum absolute atomic E-state index is 13.4. The van der Waals surface area contributed by atoms with Crippen LogP contribution < -0.4 is 4.90 Å². The van der Waals surface area contributed by atoms with E-state index in [9.17, 15) is 9.18 Å². The summed E-state index contributed by atoms with van der Waals surface area (Å²) in [6, 6.07) is 8.36. The van der Waals surface area contributed by atoms with Gasteiger partial charge in [-0.05, 0) is 68.7 Å². The van der Waals surface area contributed by atoms with Crippen LogP contribution in [0.4, 0.5) is 10.1 Å². The summed E-state index contributed by atoms with van der Waals surface area (Å²) in [4.78, 5) is 14.3. The predicted octanol–water partition coefficient (Wildman–Crippen LogP) is 4.11. The number of hydrogen-bond acceptors (Lipinski definition) is 2. The van der Waals surface area contributed by atoms with E-state index in [1.807, 2.05) is 26.0 Å². The lowest BCUT2D eigenvalue weighted by Crippen LogP contribution is -2.41. The number of amides is 1. The molecule has 0 saturated carbocycles. The second-order valence-electron chi connectivity index (χ2n) is 5.65. The molecule has 0 spiro atoms. The van der Waals surface area contributed by atoms with E-state index in [-0.39, 0.29) is 17.8 Å². The standard InChI is InChI=1S/C18H18FNO2/c1-12-3-5-14-11-15(19)6-9-17(14)20(12)18(21)10-8-16-7-4-13(2)22-16/h4,6-12H,3,5H2,1-2H3. The van der Waals surface area contributed by atoms with Crippen molar-refractivity contribution in [3.8, 4) is 0 Å². The number of furan rings is 1. The van der Waals surface area contributed by atoms with Crippen molar-refractivity contribution in [3.05, 3.63) is 59.3 Å². The summed E-state index contributed by atoms with van der Waals surface area (Å²) in [7, 11) is 0. The summed E-state index contributed by atoms with van der Waals surface area (Å²) in [6.45, 7) is 3.87. The van der Waals surface area contributed by atoms with Gasteiger partial charge in [0.05, 0.1) is 0 Å². The van der Waals surface area contributed by atoms with Crippen LogP contribution in [0, 0.1) is 12.7 Å². The third-order valence-electron chi connectivity index (χ3n) is 3.96. The Morgan fingerprint density at radius 3 is 2.91 bits per heavy atom. The van der Waals surface area contributed by atoms with Gasteiger partial charge in [-0.15, -0.1) is 0 Å². The zero-order valence-electron chi connectivity index (χ0n) is 12.7. The van der Waals surface area contributed by atoms with Crippen LogP contribution >= 0.6 is 0 Å². The van der Waals surface area contributed by atoms with Crippen molar-refractivity contribution in [2.45, 2.75) is 32.7 Å². The maximum Gasteiger partial charge on any atom is 0.251 e. The van der Waals surface area contributed by atoms with Crippen molar-refractivity contribution >= 4 is 17.7 Å². The first-order valence-corrected chi connectivity index (χ1v) is 7.41. The third-order valence-corrected chi connectivity index (χ3v) is 3.96. The Kier molecular flexibility index (Phi) is 3.84. The van der Waals surface area contributed by atoms with Crippen LogP contribution in [0.5, 0.6) is 0 Å². The number of hydrogen-bond donors (Lipinski definition) is 0. The monoisotopic (exact) mass is 299 g/mol. The van der Waals surface area contributed by atoms with Crippen molar-refractivity contribution in [3.63, 3.8) is 0 Å². The number of fused-ring (bicyclic) bond motifs is 1. The predicted molar refractivity (Wildman–Crippen MR) is 84.1 cm³/mol. The first kappa shape index (κ1) is 14.6. The largest absolute Gasteiger partial charge is 0.462 e. The molecule has 1 aliphatic rings. The molecule has 0 saturated heterocycles. The van der Waals surface area contributed by atoms with Gasteiger partial charge in [-0.2, -0.15) is 0 Å². The normalized spacial score (nSPS) is 17.8. The Morgan fingerprint density at radius 2 is 2.18 bits per heavy atom. The van der Waals surface area contributed by atoms with Crippen LogP contribution in [0.3, 0.4) is 0 Å². The van der Waals surface area contributed by atoms with Crippen molar-refractivity contribution in [2.75, 3.05) is 4.90 Å². The average molecular weight is 299 g/mol. The maximum atomic E-state index is 13.4. The van der Waals surface area contributed by atoms with E-state index in [2.05, 4.69) is 0 Å². The summed E-state index contributed by atoms with van der Waals surface area (Å²) in [6.07, 6.45) is 4.79. The van der Waals surface area contributed by atoms with Crippen LogP contribution in [0.15, 0.2) is 40.8 Å². The molecule has 3 rings (SSSR count). The lowest BCUT2D eigenvalue weighted by molar-refractivity contribution is -0.114. The molecule has 0 radical (unpaired) electrons. The van der Waals surface area contributed by atoms with E-state index in [0.717, 1.165) is 29.9 Å². The Balaban J connectivity index is 1.87. The number of carbonyl (C=O) groups is 1. The molecule has 4 heteroatoms. The summed E-state index contributed by atoms with van der Waals surface area (Å²) < 4.78 is 18.8. The fourth-order valence-corrected chi connectivity index (χ4v) is 2.83. The van der Waals surface area contributed by atoms with E-state index in [0.29, 0.717) is 5.76 Å². The molecule has 0 aliphatic carbocycles. The quantitative estimate of drug-likeness (QED) is 0.782. The zero-order valence-corrected chi connectivity index (χ0v) is 12.7. The van der Waals surface area contributed by atoms with E-state index < -0.39 is 0 Å². The molecular formula is C18H18FNO2. The minimum absolute atomic E-state index is 0.0912. The number of nitrogens with zero attached hydrogens (tertiary/aromatic N) is 1. The lowest BCUT2D eigenvalue weighted by atomic mass is 9.96. The van der Waals surface area contributed by atoms with Gasteiger partial charge in [0.2, 0.25) is 0 Å². The molecule has 1 unspecified atom stereocenters. The highest BCUT2D eigenvalue weighted by Crippen LogP contribution is 2.31. The molecular weight excluding hydrogens is 281 g/mol. The summed E-state index contributed by atoms with van der Waals surface area (Å²) in [5, 5.41) is 0. The van der Waals surface area contributed by atoms with E-state index in [4.69, 9.17) is 4.42 Å². The first-order chi connectivity index (χ1) is 10.5. The van der Waals surface area contributed by atoms with Crippen LogP contribution in [-0.4, -0.2) is 11.9 Å². The molecule has 22 heavy (non-hydrogen) atoms. The highest BCUT2D eigenvalue weighted by atomic mass is 19.1. The Bertz CT molecular complexity index is 732. The van der Waals surface area contributed by atoms with Crippen LogP contribution in [0.1, 0.15) is 30.4 Å². The molecule has 3 nitrogen and oxygen atoms in total. The van der Waals surface area contributed by atoms with Crippen LogP contribution in [0.2, 0.25) is 0 Å².